The molecule has 8 aliphatic rings. The molecule has 8 aliphatic heterocycles. The van der Waals surface area contributed by atoms with E-state index < -0.39 is 0 Å². The largest absolute Gasteiger partial charge is 0.458 e. The molecule has 28 rings (SSSR count). The molecule has 0 radical (unpaired) electrons. The number of benzene rings is 16. The van der Waals surface area contributed by atoms with Gasteiger partial charge in [-0.05, 0) is 225 Å². The van der Waals surface area contributed by atoms with E-state index in [0.29, 0.717) is 0 Å². The normalized spacial score (nSPS) is 13.4. The highest BCUT2D eigenvalue weighted by Gasteiger charge is 2.45. The molecule has 0 saturated heterocycles. The van der Waals surface area contributed by atoms with Crippen molar-refractivity contribution in [2.75, 3.05) is 0 Å². The van der Waals surface area contributed by atoms with E-state index in [1.165, 1.54) is 198 Å². The number of aromatic nitrogens is 4. The average Bonchev–Trinajstić information content (AvgIpc) is 1.49. The standard InChI is InChI=1S/4C25H16BNO/c1-15-7-6-8-16-17-13-14-22-23-25(17)27(24(15)16)20-11-4-2-9-18(20)26(23)19-10-3-5-12-21(19)28-22;1-15-7-6-10-19-24(15)27-20-11-4-2-8-16(20)17-13-14-22-23(25(17)27)26(19)18-9-3-5-12-21(18)28-22;1-15-10-12-18-21(14-15)27-20-8-4-2-6-16(20)17-11-13-23-24(25(17)27)26(18)19-7-3-5-9-22(19)28-23;1-15-10-11-16-17-12-13-23-24-25(17)27(21(16)14-15)20-8-4-2-6-18(20)26(24)19-7-3-5-9-22(19)28-23/h4*2-14H,1H3. The minimum absolute atomic E-state index is 0.204. The van der Waals surface area contributed by atoms with Crippen molar-refractivity contribution < 1.29 is 18.9 Å². The van der Waals surface area contributed by atoms with Gasteiger partial charge in [0.05, 0.1) is 44.1 Å². The molecule has 0 aliphatic carbocycles. The lowest BCUT2D eigenvalue weighted by molar-refractivity contribution is 0.487. The Balaban J connectivity index is 0.0000000847. The Bertz CT molecular complexity index is 7650. The molecule has 0 bridgehead atoms. The zero-order chi connectivity index (χ0) is 73.6. The summed E-state index contributed by atoms with van der Waals surface area (Å²) in [7, 11) is 0. The van der Waals surface area contributed by atoms with Gasteiger partial charge < -0.3 is 37.2 Å². The van der Waals surface area contributed by atoms with Crippen molar-refractivity contribution in [2.45, 2.75) is 27.7 Å². The monoisotopic (exact) mass is 1430 g/mol. The summed E-state index contributed by atoms with van der Waals surface area (Å²) in [5.41, 5.74) is 36.2. The van der Waals surface area contributed by atoms with Crippen LogP contribution in [0.5, 0.6) is 46.0 Å². The van der Waals surface area contributed by atoms with Gasteiger partial charge in [0.25, 0.3) is 26.9 Å². The van der Waals surface area contributed by atoms with Crippen LogP contribution in [0.1, 0.15) is 22.3 Å². The van der Waals surface area contributed by atoms with Crippen LogP contribution < -0.4 is 84.5 Å². The van der Waals surface area contributed by atoms with E-state index in [1.807, 2.05) is 0 Å². The van der Waals surface area contributed by atoms with Gasteiger partial charge in [0.15, 0.2) is 0 Å². The number of para-hydroxylation sites is 10. The fourth-order valence-corrected chi connectivity index (χ4v) is 20.9. The maximum absolute atomic E-state index is 6.37. The summed E-state index contributed by atoms with van der Waals surface area (Å²) < 4.78 is 35.3. The molecule has 520 valence electrons. The third kappa shape index (κ3) is 8.29. The van der Waals surface area contributed by atoms with Crippen LogP contribution >= 0.6 is 0 Å². The van der Waals surface area contributed by atoms with Gasteiger partial charge in [0.2, 0.25) is 0 Å². The summed E-state index contributed by atoms with van der Waals surface area (Å²) in [5.74, 6) is 7.79. The first kappa shape index (κ1) is 62.1. The van der Waals surface area contributed by atoms with Gasteiger partial charge in [0, 0.05) is 65.8 Å². The van der Waals surface area contributed by atoms with Crippen molar-refractivity contribution in [3.8, 4) is 68.7 Å². The van der Waals surface area contributed by atoms with Crippen molar-refractivity contribution in [3.05, 3.63) is 338 Å². The van der Waals surface area contributed by atoms with Gasteiger partial charge in [-0.2, -0.15) is 0 Å². The molecule has 4 aromatic heterocycles. The Labute approximate surface area is 646 Å². The molecule has 16 aromatic carbocycles. The second-order valence-electron chi connectivity index (χ2n) is 31.3. The number of hydrogen-bond acceptors (Lipinski definition) is 4. The van der Waals surface area contributed by atoms with Gasteiger partial charge in [0.1, 0.15) is 46.0 Å². The first-order valence-electron chi connectivity index (χ1n) is 39.0. The van der Waals surface area contributed by atoms with Crippen LogP contribution in [0, 0.1) is 27.7 Å². The Morgan fingerprint density at radius 2 is 0.536 bits per heavy atom. The summed E-state index contributed by atoms with van der Waals surface area (Å²) in [5, 5.41) is 10.4. The molecule has 0 unspecified atom stereocenters. The van der Waals surface area contributed by atoms with Gasteiger partial charge in [-0.3, -0.25) is 0 Å². The lowest BCUT2D eigenvalue weighted by atomic mass is 9.34. The molecule has 0 amide bonds. The number of fused-ring (bicyclic) bond motifs is 32. The van der Waals surface area contributed by atoms with Crippen molar-refractivity contribution >= 4 is 180 Å². The first-order valence-corrected chi connectivity index (χ1v) is 39.0. The Kier molecular flexibility index (Phi) is 12.7. The highest BCUT2D eigenvalue weighted by atomic mass is 16.5. The van der Waals surface area contributed by atoms with E-state index in [1.54, 1.807) is 0 Å². The Morgan fingerprint density at radius 3 is 1.06 bits per heavy atom. The van der Waals surface area contributed by atoms with Gasteiger partial charge >= 0.3 is 0 Å². The quantitative estimate of drug-likeness (QED) is 0.142. The second-order valence-corrected chi connectivity index (χ2v) is 31.3. The van der Waals surface area contributed by atoms with Gasteiger partial charge in [-0.25, -0.2) is 0 Å². The van der Waals surface area contributed by atoms with Crippen LogP contribution in [0.15, 0.2) is 315 Å². The molecule has 0 N–H and O–H groups in total. The summed E-state index contributed by atoms with van der Waals surface area (Å²) >= 11 is 0. The van der Waals surface area contributed by atoms with Gasteiger partial charge in [-0.15, -0.1) is 0 Å². The van der Waals surface area contributed by atoms with E-state index in [0.717, 1.165) is 46.0 Å². The predicted molar refractivity (Wildman–Crippen MR) is 467 cm³/mol. The minimum atomic E-state index is 0.204. The molecule has 0 fully saturated rings. The second kappa shape index (κ2) is 22.9. The molecule has 12 heteroatoms. The summed E-state index contributed by atoms with van der Waals surface area (Å²) in [6.45, 7) is 9.59. The lowest BCUT2D eigenvalue weighted by Crippen LogP contribution is -2.58. The van der Waals surface area contributed by atoms with E-state index in [4.69, 9.17) is 18.9 Å². The summed E-state index contributed by atoms with van der Waals surface area (Å²) in [4.78, 5) is 0. The zero-order valence-corrected chi connectivity index (χ0v) is 61.8. The molecule has 8 nitrogen and oxygen atoms in total. The highest BCUT2D eigenvalue weighted by Crippen LogP contribution is 2.45. The third-order valence-corrected chi connectivity index (χ3v) is 25.4. The predicted octanol–water partition coefficient (Wildman–Crippen LogP) is 16.1. The van der Waals surface area contributed by atoms with Crippen LogP contribution in [0.2, 0.25) is 0 Å². The lowest BCUT2D eigenvalue weighted by Gasteiger charge is -2.33. The molecule has 0 atom stereocenters. The van der Waals surface area contributed by atoms with E-state index >= 15 is 0 Å². The fourth-order valence-electron chi connectivity index (χ4n) is 20.9. The summed E-state index contributed by atoms with van der Waals surface area (Å²) in [6.07, 6.45) is 0. The summed E-state index contributed by atoms with van der Waals surface area (Å²) in [6, 6.07) is 113. The molecule has 112 heavy (non-hydrogen) atoms. The first-order chi connectivity index (χ1) is 55.3. The molecule has 12 heterocycles. The van der Waals surface area contributed by atoms with Crippen LogP contribution in [0.3, 0.4) is 0 Å². The minimum Gasteiger partial charge on any atom is -0.458 e. The number of ether oxygens (including phenoxy) is 4. The van der Waals surface area contributed by atoms with Crippen LogP contribution in [-0.4, -0.2) is 45.1 Å². The fraction of sp³-hybridized carbons (Fsp3) is 0.0400. The Hall–Kier alpha value is -13.8. The number of nitrogens with zero attached hydrogens (tertiary/aromatic N) is 4. The van der Waals surface area contributed by atoms with E-state index in [-0.39, 0.29) is 26.9 Å². The molecular formula is C100H64B4N4O4. The third-order valence-electron chi connectivity index (χ3n) is 25.4. The maximum Gasteiger partial charge on any atom is 0.256 e. The van der Waals surface area contributed by atoms with E-state index in [9.17, 15) is 0 Å². The SMILES string of the molecule is Cc1ccc2c(c1)-n1c3ccccc3c3ccc4c(c31)B2c1ccccc1O4.Cc1ccc2c3ccc4c5c3n(c2c1)-c1ccccc1B5c1ccccc1O4.Cc1cccc2c1-n1c3ccccc3c3ccc4c(c31)B2c1ccccc1O4.Cc1cccc2c3ccc4c5c3n(c12)-c1ccccc1B5c1ccccc1O4. The number of aryl methyl sites for hydroxylation is 4. The van der Waals surface area contributed by atoms with Crippen molar-refractivity contribution in [1.82, 2.24) is 18.3 Å². The molecular weight excluding hydrogens is 1360 g/mol. The smallest absolute Gasteiger partial charge is 0.256 e. The molecule has 0 spiro atoms. The van der Waals surface area contributed by atoms with Crippen molar-refractivity contribution in [1.29, 1.82) is 0 Å². The Morgan fingerprint density at radius 1 is 0.205 bits per heavy atom. The van der Waals surface area contributed by atoms with Crippen LogP contribution in [0.4, 0.5) is 0 Å². The number of rotatable bonds is 0. The molecule has 20 aromatic rings. The van der Waals surface area contributed by atoms with Gasteiger partial charge in [-0.1, -0.05) is 206 Å². The molecule has 0 saturated carbocycles. The average molecular weight is 1430 g/mol. The topological polar surface area (TPSA) is 56.6 Å². The van der Waals surface area contributed by atoms with Crippen LogP contribution in [-0.2, 0) is 0 Å². The van der Waals surface area contributed by atoms with E-state index in [2.05, 4.69) is 361 Å². The number of hydrogen-bond donors (Lipinski definition) is 0. The van der Waals surface area contributed by atoms with Crippen molar-refractivity contribution in [3.63, 3.8) is 0 Å². The zero-order valence-electron chi connectivity index (χ0n) is 61.8. The highest BCUT2D eigenvalue weighted by molar-refractivity contribution is 7.01. The maximum atomic E-state index is 6.37. The van der Waals surface area contributed by atoms with Crippen molar-refractivity contribution in [2.24, 2.45) is 0 Å². The van der Waals surface area contributed by atoms with Crippen LogP contribution in [0.25, 0.3) is 110 Å².